The number of nitrogens with one attached hydrogen (secondary N) is 1. The summed E-state index contributed by atoms with van der Waals surface area (Å²) in [6.07, 6.45) is 4.53. The molecule has 0 aliphatic carbocycles. The summed E-state index contributed by atoms with van der Waals surface area (Å²) < 4.78 is 10.8. The van der Waals surface area contributed by atoms with Crippen LogP contribution >= 0.6 is 0 Å². The quantitative estimate of drug-likeness (QED) is 0.889. The third-order valence-corrected chi connectivity index (χ3v) is 5.96. The van der Waals surface area contributed by atoms with Crippen LogP contribution in [0.15, 0.2) is 36.5 Å². The number of benzene rings is 1. The summed E-state index contributed by atoms with van der Waals surface area (Å²) in [5.41, 5.74) is 2.91. The summed E-state index contributed by atoms with van der Waals surface area (Å²) in [6, 6.07) is 11.0. The minimum absolute atomic E-state index is 0.511. The summed E-state index contributed by atoms with van der Waals surface area (Å²) in [5.74, 6) is 2.36. The van der Waals surface area contributed by atoms with Gasteiger partial charge in [0.15, 0.2) is 0 Å². The molecule has 138 valence electrons. The van der Waals surface area contributed by atoms with E-state index in [1.165, 1.54) is 25.9 Å². The van der Waals surface area contributed by atoms with Gasteiger partial charge in [0, 0.05) is 17.6 Å². The van der Waals surface area contributed by atoms with Crippen molar-refractivity contribution in [1.82, 2.24) is 9.88 Å². The lowest BCUT2D eigenvalue weighted by molar-refractivity contribution is 0.0458. The number of rotatable bonds is 5. The van der Waals surface area contributed by atoms with Crippen molar-refractivity contribution in [2.24, 2.45) is 5.92 Å². The van der Waals surface area contributed by atoms with Crippen molar-refractivity contribution >= 4 is 5.69 Å². The molecule has 1 N–H and O–H groups in total. The molecule has 1 aromatic heterocycles. The molecule has 3 aliphatic heterocycles. The number of nitrogens with zero attached hydrogens (tertiary/aromatic N) is 2. The molecular formula is C21H27N3O2. The van der Waals surface area contributed by atoms with E-state index in [0.717, 1.165) is 34.4 Å². The largest absolute Gasteiger partial charge is 0.497 e. The molecule has 1 aromatic carbocycles. The maximum atomic E-state index is 5.48. The molecule has 4 heterocycles. The summed E-state index contributed by atoms with van der Waals surface area (Å²) >= 11 is 0. The first kappa shape index (κ1) is 17.2. The third kappa shape index (κ3) is 3.12. The molecule has 3 saturated heterocycles. The normalized spacial score (nSPS) is 27.2. The van der Waals surface area contributed by atoms with Crippen LogP contribution in [-0.4, -0.2) is 49.3 Å². The van der Waals surface area contributed by atoms with E-state index in [9.17, 15) is 0 Å². The first-order valence-corrected chi connectivity index (χ1v) is 9.38. The van der Waals surface area contributed by atoms with E-state index in [4.69, 9.17) is 9.47 Å². The Balaban J connectivity index is 1.54. The predicted molar refractivity (Wildman–Crippen MR) is 104 cm³/mol. The van der Waals surface area contributed by atoms with Crippen LogP contribution in [-0.2, 0) is 0 Å². The predicted octanol–water partition coefficient (Wildman–Crippen LogP) is 3.66. The second-order valence-corrected chi connectivity index (χ2v) is 7.28. The van der Waals surface area contributed by atoms with Gasteiger partial charge in [-0.3, -0.25) is 9.88 Å². The van der Waals surface area contributed by atoms with Gasteiger partial charge in [0.25, 0.3) is 0 Å². The fraction of sp³-hybridized carbons (Fsp3) is 0.476. The molecule has 0 unspecified atom stereocenters. The number of methoxy groups -OCH3 is 2. The van der Waals surface area contributed by atoms with Gasteiger partial charge < -0.3 is 14.8 Å². The number of ether oxygens (including phenoxy) is 2. The number of hydrogen-bond donors (Lipinski definition) is 1. The van der Waals surface area contributed by atoms with Gasteiger partial charge in [-0.05, 0) is 69.1 Å². The van der Waals surface area contributed by atoms with Crippen LogP contribution in [0.1, 0.15) is 19.8 Å². The van der Waals surface area contributed by atoms with Crippen molar-refractivity contribution in [3.05, 3.63) is 36.5 Å². The second-order valence-electron chi connectivity index (χ2n) is 7.28. The van der Waals surface area contributed by atoms with Gasteiger partial charge in [0.1, 0.15) is 11.5 Å². The molecule has 0 amide bonds. The zero-order chi connectivity index (χ0) is 18.1. The molecule has 0 saturated carbocycles. The number of pyridine rings is 1. The van der Waals surface area contributed by atoms with Gasteiger partial charge in [0.05, 0.1) is 31.8 Å². The van der Waals surface area contributed by atoms with E-state index < -0.39 is 0 Å². The first-order chi connectivity index (χ1) is 12.7. The SMILES string of the molecule is COc1ccc(OC)c(-c2ccc(N[C@@H]3C4CCN(CC4)[C@@H]3C)cn2)c1. The van der Waals surface area contributed by atoms with E-state index in [0.29, 0.717) is 12.1 Å². The molecule has 5 nitrogen and oxygen atoms in total. The number of piperidine rings is 3. The highest BCUT2D eigenvalue weighted by Gasteiger charge is 2.39. The number of aromatic nitrogens is 1. The van der Waals surface area contributed by atoms with E-state index >= 15 is 0 Å². The Labute approximate surface area is 155 Å². The highest BCUT2D eigenvalue weighted by molar-refractivity contribution is 5.70. The van der Waals surface area contributed by atoms with Crippen molar-refractivity contribution in [1.29, 1.82) is 0 Å². The van der Waals surface area contributed by atoms with Crippen LogP contribution in [0.5, 0.6) is 11.5 Å². The molecule has 2 bridgehead atoms. The maximum absolute atomic E-state index is 5.48. The van der Waals surface area contributed by atoms with Crippen molar-refractivity contribution < 1.29 is 9.47 Å². The van der Waals surface area contributed by atoms with Gasteiger partial charge in [-0.1, -0.05) is 0 Å². The minimum Gasteiger partial charge on any atom is -0.497 e. The zero-order valence-electron chi connectivity index (χ0n) is 15.7. The highest BCUT2D eigenvalue weighted by Crippen LogP contribution is 2.35. The van der Waals surface area contributed by atoms with Crippen molar-refractivity contribution in [3.63, 3.8) is 0 Å². The molecule has 26 heavy (non-hydrogen) atoms. The maximum Gasteiger partial charge on any atom is 0.128 e. The average molecular weight is 353 g/mol. The Kier molecular flexibility index (Phi) is 4.72. The monoisotopic (exact) mass is 353 g/mol. The summed E-state index contributed by atoms with van der Waals surface area (Å²) in [7, 11) is 3.34. The lowest BCUT2D eigenvalue weighted by Gasteiger charge is -2.50. The van der Waals surface area contributed by atoms with E-state index in [1.54, 1.807) is 14.2 Å². The van der Waals surface area contributed by atoms with Crippen LogP contribution in [0.25, 0.3) is 11.3 Å². The Morgan fingerprint density at radius 2 is 1.88 bits per heavy atom. The smallest absolute Gasteiger partial charge is 0.128 e. The van der Waals surface area contributed by atoms with Crippen LogP contribution < -0.4 is 14.8 Å². The third-order valence-electron chi connectivity index (χ3n) is 5.96. The molecule has 2 aromatic rings. The van der Waals surface area contributed by atoms with E-state index in [1.807, 2.05) is 30.5 Å². The number of anilines is 1. The van der Waals surface area contributed by atoms with Gasteiger partial charge >= 0.3 is 0 Å². The van der Waals surface area contributed by atoms with Crippen LogP contribution in [0.3, 0.4) is 0 Å². The van der Waals surface area contributed by atoms with Gasteiger partial charge in [-0.15, -0.1) is 0 Å². The Bertz CT molecular complexity index is 752. The van der Waals surface area contributed by atoms with Crippen molar-refractivity contribution in [2.75, 3.05) is 32.6 Å². The zero-order valence-corrected chi connectivity index (χ0v) is 15.7. The summed E-state index contributed by atoms with van der Waals surface area (Å²) in [6.45, 7) is 4.83. The summed E-state index contributed by atoms with van der Waals surface area (Å²) in [4.78, 5) is 7.27. The first-order valence-electron chi connectivity index (χ1n) is 9.38. The molecule has 5 heteroatoms. The second kappa shape index (κ2) is 7.16. The summed E-state index contributed by atoms with van der Waals surface area (Å²) in [5, 5.41) is 3.73. The standard InChI is InChI=1S/C21H27N3O2/c1-14-21(15-8-10-24(14)11-9-15)23-16-4-6-19(22-13-16)18-12-17(25-2)5-7-20(18)26-3/h4-7,12-15,21,23H,8-11H2,1-3H3/t14-,21+/m1/s1. The molecule has 2 atom stereocenters. The van der Waals surface area contributed by atoms with Crippen molar-refractivity contribution in [3.8, 4) is 22.8 Å². The minimum atomic E-state index is 0.511. The van der Waals surface area contributed by atoms with E-state index in [-0.39, 0.29) is 0 Å². The number of fused-ring (bicyclic) bond motifs is 3. The molecule has 0 radical (unpaired) electrons. The topological polar surface area (TPSA) is 46.6 Å². The molecular weight excluding hydrogens is 326 g/mol. The van der Waals surface area contributed by atoms with Gasteiger partial charge in [-0.25, -0.2) is 0 Å². The molecule has 3 aliphatic rings. The number of hydrogen-bond acceptors (Lipinski definition) is 5. The van der Waals surface area contributed by atoms with Crippen molar-refractivity contribution in [2.45, 2.75) is 31.8 Å². The van der Waals surface area contributed by atoms with Gasteiger partial charge in [0.2, 0.25) is 0 Å². The average Bonchev–Trinajstić information content (AvgIpc) is 2.71. The highest BCUT2D eigenvalue weighted by atomic mass is 16.5. The van der Waals surface area contributed by atoms with Gasteiger partial charge in [-0.2, -0.15) is 0 Å². The Hall–Kier alpha value is -2.27. The fourth-order valence-electron chi connectivity index (χ4n) is 4.39. The fourth-order valence-corrected chi connectivity index (χ4v) is 4.39. The Morgan fingerprint density at radius 1 is 1.08 bits per heavy atom. The lowest BCUT2D eigenvalue weighted by atomic mass is 9.79. The van der Waals surface area contributed by atoms with Crippen LogP contribution in [0, 0.1) is 5.92 Å². The lowest BCUT2D eigenvalue weighted by Crippen LogP contribution is -2.59. The van der Waals surface area contributed by atoms with Crippen LogP contribution in [0.4, 0.5) is 5.69 Å². The molecule has 3 fully saturated rings. The van der Waals surface area contributed by atoms with E-state index in [2.05, 4.69) is 28.2 Å². The molecule has 5 rings (SSSR count). The Morgan fingerprint density at radius 3 is 2.50 bits per heavy atom. The molecule has 0 spiro atoms. The van der Waals surface area contributed by atoms with Crippen LogP contribution in [0.2, 0.25) is 0 Å².